The van der Waals surface area contributed by atoms with Crippen LogP contribution in [-0.2, 0) is 18.6 Å². The van der Waals surface area contributed by atoms with Crippen LogP contribution < -0.4 is 11.3 Å². The first kappa shape index (κ1) is 13.9. The Hall–Kier alpha value is -1.11. The standard InChI is InChI=1S/C14H15BrN4S/c15-9-4-6-10(7-5-9)20-8-13-17-12-3-1-2-11(12)14(18-13)19-16/h4-7H,1-3,8,16H2,(H,17,18,19). The molecule has 6 heteroatoms. The van der Waals surface area contributed by atoms with Gasteiger partial charge in [-0.05, 0) is 43.5 Å². The first-order valence-corrected chi connectivity index (χ1v) is 8.28. The van der Waals surface area contributed by atoms with Crippen LogP contribution in [0.4, 0.5) is 5.82 Å². The fraction of sp³-hybridized carbons (Fsp3) is 0.286. The number of benzene rings is 1. The molecule has 0 aliphatic heterocycles. The van der Waals surface area contributed by atoms with Crippen LogP contribution >= 0.6 is 27.7 Å². The number of hydrazine groups is 1. The second-order valence-corrected chi connectivity index (χ2v) is 6.62. The highest BCUT2D eigenvalue weighted by atomic mass is 79.9. The molecule has 0 fully saturated rings. The van der Waals surface area contributed by atoms with Crippen molar-refractivity contribution in [3.8, 4) is 0 Å². The van der Waals surface area contributed by atoms with Gasteiger partial charge in [0.2, 0.25) is 0 Å². The Kier molecular flexibility index (Phi) is 4.24. The van der Waals surface area contributed by atoms with E-state index in [2.05, 4.69) is 43.5 Å². The van der Waals surface area contributed by atoms with Crippen molar-refractivity contribution in [1.82, 2.24) is 9.97 Å². The maximum absolute atomic E-state index is 5.56. The summed E-state index contributed by atoms with van der Waals surface area (Å²) in [5, 5.41) is 0. The summed E-state index contributed by atoms with van der Waals surface area (Å²) in [5.74, 6) is 7.95. The Morgan fingerprint density at radius 3 is 2.75 bits per heavy atom. The highest BCUT2D eigenvalue weighted by Gasteiger charge is 2.18. The highest BCUT2D eigenvalue weighted by Crippen LogP contribution is 2.28. The van der Waals surface area contributed by atoms with Crippen molar-refractivity contribution in [2.24, 2.45) is 5.84 Å². The van der Waals surface area contributed by atoms with Gasteiger partial charge in [0.05, 0.1) is 5.75 Å². The number of nitrogens with one attached hydrogen (secondary N) is 1. The van der Waals surface area contributed by atoms with Crippen LogP contribution in [-0.4, -0.2) is 9.97 Å². The second-order valence-electron chi connectivity index (χ2n) is 4.65. The van der Waals surface area contributed by atoms with Gasteiger partial charge in [-0.2, -0.15) is 0 Å². The number of nitrogen functional groups attached to an aromatic ring is 1. The molecule has 1 aromatic carbocycles. The third-order valence-electron chi connectivity index (χ3n) is 3.30. The summed E-state index contributed by atoms with van der Waals surface area (Å²) in [4.78, 5) is 10.4. The van der Waals surface area contributed by atoms with Crippen LogP contribution in [0.15, 0.2) is 33.6 Å². The monoisotopic (exact) mass is 350 g/mol. The Morgan fingerprint density at radius 1 is 1.20 bits per heavy atom. The van der Waals surface area contributed by atoms with Crippen LogP contribution in [0.2, 0.25) is 0 Å². The van der Waals surface area contributed by atoms with Gasteiger partial charge in [-0.3, -0.25) is 0 Å². The van der Waals surface area contributed by atoms with E-state index in [9.17, 15) is 0 Å². The van der Waals surface area contributed by atoms with Crippen molar-refractivity contribution < 1.29 is 0 Å². The molecule has 0 atom stereocenters. The van der Waals surface area contributed by atoms with Gasteiger partial charge in [-0.15, -0.1) is 11.8 Å². The molecule has 4 nitrogen and oxygen atoms in total. The van der Waals surface area contributed by atoms with E-state index in [-0.39, 0.29) is 0 Å². The second kappa shape index (κ2) is 6.11. The maximum atomic E-state index is 5.56. The lowest BCUT2D eigenvalue weighted by atomic mass is 10.2. The lowest BCUT2D eigenvalue weighted by Crippen LogP contribution is -2.13. The lowest BCUT2D eigenvalue weighted by molar-refractivity contribution is 0.893. The molecule has 20 heavy (non-hydrogen) atoms. The lowest BCUT2D eigenvalue weighted by Gasteiger charge is -2.09. The smallest absolute Gasteiger partial charge is 0.147 e. The SMILES string of the molecule is NNc1nc(CSc2ccc(Br)cc2)nc2c1CCC2. The van der Waals surface area contributed by atoms with Gasteiger partial charge in [0.25, 0.3) is 0 Å². The van der Waals surface area contributed by atoms with Gasteiger partial charge in [-0.1, -0.05) is 15.9 Å². The minimum Gasteiger partial charge on any atom is -0.308 e. The van der Waals surface area contributed by atoms with Gasteiger partial charge in [-0.25, -0.2) is 15.8 Å². The predicted molar refractivity (Wildman–Crippen MR) is 85.6 cm³/mol. The number of hydrogen-bond acceptors (Lipinski definition) is 5. The molecule has 1 aliphatic carbocycles. The molecule has 3 N–H and O–H groups in total. The number of rotatable bonds is 4. The van der Waals surface area contributed by atoms with Crippen LogP contribution in [0.3, 0.4) is 0 Å². The van der Waals surface area contributed by atoms with Gasteiger partial charge in [0.15, 0.2) is 0 Å². The summed E-state index contributed by atoms with van der Waals surface area (Å²) in [6, 6.07) is 8.26. The maximum Gasteiger partial charge on any atom is 0.147 e. The van der Waals surface area contributed by atoms with E-state index in [1.165, 1.54) is 10.5 Å². The number of hydrogen-bond donors (Lipinski definition) is 2. The molecule has 1 aliphatic rings. The average Bonchev–Trinajstić information content (AvgIpc) is 2.94. The van der Waals surface area contributed by atoms with E-state index < -0.39 is 0 Å². The zero-order valence-electron chi connectivity index (χ0n) is 10.9. The minimum atomic E-state index is 0.754. The first-order valence-electron chi connectivity index (χ1n) is 6.50. The number of fused-ring (bicyclic) bond motifs is 1. The van der Waals surface area contributed by atoms with Gasteiger partial charge in [0, 0.05) is 20.6 Å². The van der Waals surface area contributed by atoms with Crippen LogP contribution in [0.1, 0.15) is 23.5 Å². The van der Waals surface area contributed by atoms with Crippen LogP contribution in [0, 0.1) is 0 Å². The summed E-state index contributed by atoms with van der Waals surface area (Å²) in [7, 11) is 0. The van der Waals surface area contributed by atoms with Crippen LogP contribution in [0.25, 0.3) is 0 Å². The van der Waals surface area contributed by atoms with Crippen molar-refractivity contribution in [1.29, 1.82) is 0 Å². The molecule has 2 aromatic rings. The van der Waals surface area contributed by atoms with Gasteiger partial charge < -0.3 is 5.43 Å². The fourth-order valence-corrected chi connectivity index (χ4v) is 3.36. The number of nitrogens with two attached hydrogens (primary N) is 1. The fourth-order valence-electron chi connectivity index (χ4n) is 2.35. The van der Waals surface area contributed by atoms with Gasteiger partial charge >= 0.3 is 0 Å². The molecule has 1 heterocycles. The molecule has 0 saturated carbocycles. The third kappa shape index (κ3) is 2.97. The number of nitrogens with zero attached hydrogens (tertiary/aromatic N) is 2. The number of anilines is 1. The van der Waals surface area contributed by atoms with E-state index in [1.54, 1.807) is 11.8 Å². The Balaban J connectivity index is 1.76. The quantitative estimate of drug-likeness (QED) is 0.503. The first-order chi connectivity index (χ1) is 9.76. The minimum absolute atomic E-state index is 0.754. The number of aromatic nitrogens is 2. The average molecular weight is 351 g/mol. The van der Waals surface area contributed by atoms with Crippen molar-refractivity contribution in [2.75, 3.05) is 5.43 Å². The third-order valence-corrected chi connectivity index (χ3v) is 4.83. The molecule has 1 aromatic heterocycles. The van der Waals surface area contributed by atoms with E-state index in [1.807, 2.05) is 12.1 Å². The van der Waals surface area contributed by atoms with Crippen molar-refractivity contribution in [3.63, 3.8) is 0 Å². The molecule has 0 bridgehead atoms. The van der Waals surface area contributed by atoms with Crippen molar-refractivity contribution in [3.05, 3.63) is 45.8 Å². The summed E-state index contributed by atoms with van der Waals surface area (Å²) in [6.45, 7) is 0. The summed E-state index contributed by atoms with van der Waals surface area (Å²) in [5.41, 5.74) is 5.04. The highest BCUT2D eigenvalue weighted by molar-refractivity contribution is 9.10. The van der Waals surface area contributed by atoms with Crippen molar-refractivity contribution >= 4 is 33.5 Å². The van der Waals surface area contributed by atoms with E-state index in [4.69, 9.17) is 5.84 Å². The van der Waals surface area contributed by atoms with Crippen molar-refractivity contribution in [2.45, 2.75) is 29.9 Å². The zero-order valence-corrected chi connectivity index (χ0v) is 13.3. The Bertz CT molecular complexity index is 615. The topological polar surface area (TPSA) is 63.8 Å². The van der Waals surface area contributed by atoms with Crippen LogP contribution in [0.5, 0.6) is 0 Å². The molecule has 0 spiro atoms. The van der Waals surface area contributed by atoms with E-state index >= 15 is 0 Å². The summed E-state index contributed by atoms with van der Waals surface area (Å²) >= 11 is 5.17. The number of aryl methyl sites for hydroxylation is 1. The zero-order chi connectivity index (χ0) is 13.9. The Morgan fingerprint density at radius 2 is 2.00 bits per heavy atom. The van der Waals surface area contributed by atoms with E-state index in [0.717, 1.165) is 46.8 Å². The summed E-state index contributed by atoms with van der Waals surface area (Å²) < 4.78 is 1.09. The van der Waals surface area contributed by atoms with Gasteiger partial charge in [0.1, 0.15) is 11.6 Å². The number of thioether (sulfide) groups is 1. The molecule has 0 amide bonds. The predicted octanol–water partition coefficient (Wildman–Crippen LogP) is 3.31. The largest absolute Gasteiger partial charge is 0.308 e. The molecule has 0 radical (unpaired) electrons. The molecular formula is C14H15BrN4S. The molecular weight excluding hydrogens is 336 g/mol. The van der Waals surface area contributed by atoms with E-state index in [0.29, 0.717) is 0 Å². The summed E-state index contributed by atoms with van der Waals surface area (Å²) in [6.07, 6.45) is 3.19. The molecule has 3 rings (SSSR count). The number of halogens is 1. The molecule has 0 unspecified atom stereocenters. The Labute approximate surface area is 130 Å². The normalized spacial score (nSPS) is 13.3. The molecule has 104 valence electrons. The molecule has 0 saturated heterocycles.